The Morgan fingerprint density at radius 1 is 1.18 bits per heavy atom. The van der Waals surface area contributed by atoms with Gasteiger partial charge in [-0.3, -0.25) is 14.4 Å². The van der Waals surface area contributed by atoms with Crippen LogP contribution in [0.3, 0.4) is 0 Å². The molecule has 2 rings (SSSR count). The number of hydrogen-bond donors (Lipinski definition) is 2. The molecule has 0 bridgehead atoms. The molecule has 3 amide bonds. The highest BCUT2D eigenvalue weighted by Crippen LogP contribution is 2.30. The van der Waals surface area contributed by atoms with E-state index in [0.29, 0.717) is 13.0 Å². The van der Waals surface area contributed by atoms with Gasteiger partial charge in [0.2, 0.25) is 11.8 Å². The summed E-state index contributed by atoms with van der Waals surface area (Å²) in [6.07, 6.45) is 0.142. The van der Waals surface area contributed by atoms with Crippen molar-refractivity contribution in [3.8, 4) is 0 Å². The summed E-state index contributed by atoms with van der Waals surface area (Å²) in [6, 6.07) is -0.941. The summed E-state index contributed by atoms with van der Waals surface area (Å²) in [5.41, 5.74) is -1.67. The first-order valence-electron chi connectivity index (χ1n) is 8.49. The highest BCUT2D eigenvalue weighted by Gasteiger charge is 2.33. The molecule has 0 saturated carbocycles. The molecule has 152 valence electrons. The van der Waals surface area contributed by atoms with E-state index in [2.05, 4.69) is 15.7 Å². The summed E-state index contributed by atoms with van der Waals surface area (Å²) < 4.78 is 54.8. The summed E-state index contributed by atoms with van der Waals surface area (Å²) in [5, 5.41) is 8.59. The van der Waals surface area contributed by atoms with Gasteiger partial charge in [0.25, 0.3) is 5.91 Å². The third-order valence-corrected chi connectivity index (χ3v) is 3.89. The molecule has 1 aliphatic heterocycles. The number of nitrogens with one attached hydrogen (secondary N) is 2. The van der Waals surface area contributed by atoms with Crippen LogP contribution in [-0.2, 0) is 14.4 Å². The molecule has 0 unspecified atom stereocenters. The zero-order chi connectivity index (χ0) is 21.0. The number of rotatable bonds is 6. The van der Waals surface area contributed by atoms with Crippen molar-refractivity contribution in [1.82, 2.24) is 10.6 Å². The number of anilines is 1. The normalized spacial score (nSPS) is 15.1. The number of hydrazone groups is 1. The predicted octanol–water partition coefficient (Wildman–Crippen LogP) is 1.76. The van der Waals surface area contributed by atoms with E-state index < -0.39 is 52.7 Å². The number of hydrogen-bond acceptors (Lipinski definition) is 4. The Morgan fingerprint density at radius 3 is 2.36 bits per heavy atom. The molecule has 7 nitrogen and oxygen atoms in total. The van der Waals surface area contributed by atoms with E-state index in [1.807, 2.05) is 6.92 Å². The van der Waals surface area contributed by atoms with Crippen molar-refractivity contribution in [2.45, 2.75) is 39.2 Å². The van der Waals surface area contributed by atoms with Crippen LogP contribution in [0.25, 0.3) is 0 Å². The second kappa shape index (κ2) is 8.81. The van der Waals surface area contributed by atoms with E-state index in [-0.39, 0.29) is 29.6 Å². The zero-order valence-corrected chi connectivity index (χ0v) is 15.1. The second-order valence-corrected chi connectivity index (χ2v) is 6.06. The number of amides is 3. The van der Waals surface area contributed by atoms with Gasteiger partial charge in [-0.05, 0) is 13.3 Å². The van der Waals surface area contributed by atoms with Gasteiger partial charge in [-0.15, -0.1) is 0 Å². The molecule has 0 saturated heterocycles. The van der Waals surface area contributed by atoms with Crippen LogP contribution >= 0.6 is 0 Å². The fourth-order valence-electron chi connectivity index (χ4n) is 2.38. The lowest BCUT2D eigenvalue weighted by Crippen LogP contribution is -2.48. The van der Waals surface area contributed by atoms with Gasteiger partial charge in [0.05, 0.1) is 0 Å². The topological polar surface area (TPSA) is 90.9 Å². The van der Waals surface area contributed by atoms with Crippen LogP contribution in [0.4, 0.5) is 23.2 Å². The molecule has 0 radical (unpaired) electrons. The van der Waals surface area contributed by atoms with E-state index in [0.717, 1.165) is 0 Å². The molecule has 0 aromatic heterocycles. The largest absolute Gasteiger partial charge is 0.354 e. The summed E-state index contributed by atoms with van der Waals surface area (Å²) in [7, 11) is 0. The van der Waals surface area contributed by atoms with Gasteiger partial charge in [0, 0.05) is 25.5 Å². The Balaban J connectivity index is 2.28. The summed E-state index contributed by atoms with van der Waals surface area (Å²) in [5.74, 6) is -9.31. The second-order valence-electron chi connectivity index (χ2n) is 6.06. The lowest BCUT2D eigenvalue weighted by atomic mass is 10.1. The van der Waals surface area contributed by atoms with Crippen LogP contribution in [0.2, 0.25) is 0 Å². The minimum Gasteiger partial charge on any atom is -0.354 e. The first-order valence-corrected chi connectivity index (χ1v) is 8.49. The molecule has 1 atom stereocenters. The first-order chi connectivity index (χ1) is 13.2. The molecule has 1 aromatic carbocycles. The lowest BCUT2D eigenvalue weighted by Gasteiger charge is -2.24. The van der Waals surface area contributed by atoms with Crippen LogP contribution in [-0.4, -0.2) is 36.0 Å². The first kappa shape index (κ1) is 21.3. The van der Waals surface area contributed by atoms with Crippen LogP contribution in [0.15, 0.2) is 11.2 Å². The Hall–Kier alpha value is -2.98. The average Bonchev–Trinajstić information content (AvgIpc) is 2.65. The Kier molecular flexibility index (Phi) is 6.71. The monoisotopic (exact) mass is 402 g/mol. The van der Waals surface area contributed by atoms with E-state index >= 15 is 0 Å². The number of carbonyl (C=O) groups is 3. The molecule has 1 aromatic rings. The van der Waals surface area contributed by atoms with Crippen LogP contribution in [0.1, 0.15) is 33.1 Å². The Labute approximate surface area is 157 Å². The molecule has 0 fully saturated rings. The maximum atomic E-state index is 14.0. The zero-order valence-electron chi connectivity index (χ0n) is 15.1. The van der Waals surface area contributed by atoms with Crippen molar-refractivity contribution in [2.24, 2.45) is 5.10 Å². The van der Waals surface area contributed by atoms with Crippen molar-refractivity contribution in [2.75, 3.05) is 11.6 Å². The van der Waals surface area contributed by atoms with Gasteiger partial charge in [-0.25, -0.2) is 17.6 Å². The molecule has 11 heteroatoms. The molecule has 0 aliphatic carbocycles. The fourth-order valence-corrected chi connectivity index (χ4v) is 2.38. The maximum Gasteiger partial charge on any atom is 0.268 e. The minimum absolute atomic E-state index is 0.00346. The van der Waals surface area contributed by atoms with Crippen molar-refractivity contribution in [3.05, 3.63) is 29.3 Å². The van der Waals surface area contributed by atoms with E-state index in [1.165, 1.54) is 6.92 Å². The smallest absolute Gasteiger partial charge is 0.268 e. The van der Waals surface area contributed by atoms with Gasteiger partial charge < -0.3 is 10.6 Å². The van der Waals surface area contributed by atoms with Crippen molar-refractivity contribution in [1.29, 1.82) is 0 Å². The highest BCUT2D eigenvalue weighted by molar-refractivity contribution is 6.40. The van der Waals surface area contributed by atoms with Crippen molar-refractivity contribution < 1.29 is 31.9 Å². The van der Waals surface area contributed by atoms with E-state index in [1.54, 1.807) is 0 Å². The maximum absolute atomic E-state index is 14.0. The molecular formula is C17H18F4N4O3. The van der Waals surface area contributed by atoms with E-state index in [4.69, 9.17) is 0 Å². The average molecular weight is 402 g/mol. The summed E-state index contributed by atoms with van der Waals surface area (Å²) >= 11 is 0. The van der Waals surface area contributed by atoms with Gasteiger partial charge >= 0.3 is 0 Å². The fraction of sp³-hybridized carbons (Fsp3) is 0.412. The van der Waals surface area contributed by atoms with Crippen LogP contribution < -0.4 is 15.6 Å². The predicted molar refractivity (Wildman–Crippen MR) is 91.3 cm³/mol. The highest BCUT2D eigenvalue weighted by atomic mass is 19.2. The van der Waals surface area contributed by atoms with E-state index in [9.17, 15) is 31.9 Å². The van der Waals surface area contributed by atoms with Crippen molar-refractivity contribution in [3.63, 3.8) is 0 Å². The van der Waals surface area contributed by atoms with Crippen molar-refractivity contribution >= 4 is 29.1 Å². The lowest BCUT2D eigenvalue weighted by molar-refractivity contribution is -0.126. The number of benzene rings is 1. The third-order valence-electron chi connectivity index (χ3n) is 3.89. The number of nitrogens with zero attached hydrogens (tertiary/aromatic N) is 2. The van der Waals surface area contributed by atoms with Crippen LogP contribution in [0, 0.1) is 23.3 Å². The van der Waals surface area contributed by atoms with Crippen LogP contribution in [0.5, 0.6) is 0 Å². The molecule has 0 spiro atoms. The number of halogens is 4. The minimum atomic E-state index is -1.81. The third kappa shape index (κ3) is 4.46. The molecule has 1 heterocycles. The molecule has 1 aliphatic rings. The molecular weight excluding hydrogens is 384 g/mol. The standard InChI is InChI=1S/C17H18F4N4O3/c1-3-6-22-16(27)8(2)23-17(28)11-4-5-12(26)25(24-11)15-13(20)9(18)7-10(19)14(15)21/h7-8H,3-6H2,1-2H3,(H,22,27)(H,23,28)/t8-/m0/s1. The van der Waals surface area contributed by atoms with Gasteiger partial charge in [0.15, 0.2) is 23.3 Å². The number of carbonyl (C=O) groups excluding carboxylic acids is 3. The summed E-state index contributed by atoms with van der Waals surface area (Å²) in [4.78, 5) is 36.1. The molecule has 2 N–H and O–H groups in total. The SMILES string of the molecule is CCCNC(=O)[C@H](C)NC(=O)C1=NN(c2c(F)c(F)cc(F)c2F)C(=O)CC1. The quantitative estimate of drug-likeness (QED) is 0.561. The van der Waals surface area contributed by atoms with Gasteiger partial charge in [-0.2, -0.15) is 10.1 Å². The Bertz CT molecular complexity index is 818. The summed E-state index contributed by atoms with van der Waals surface area (Å²) in [6.45, 7) is 3.67. The van der Waals surface area contributed by atoms with Gasteiger partial charge in [0.1, 0.15) is 17.4 Å². The molecule has 28 heavy (non-hydrogen) atoms. The Morgan fingerprint density at radius 2 is 1.79 bits per heavy atom. The van der Waals surface area contributed by atoms with Gasteiger partial charge in [-0.1, -0.05) is 6.92 Å².